The fourth-order valence-corrected chi connectivity index (χ4v) is 1.92. The second-order valence-electron chi connectivity index (χ2n) is 4.19. The van der Waals surface area contributed by atoms with Crippen LogP contribution >= 0.6 is 0 Å². The maximum atomic E-state index is 5.42. The Morgan fingerprint density at radius 3 is 2.85 bits per heavy atom. The van der Waals surface area contributed by atoms with Crippen molar-refractivity contribution in [2.75, 3.05) is 13.1 Å². The van der Waals surface area contributed by atoms with E-state index in [1.165, 1.54) is 45.1 Å². The van der Waals surface area contributed by atoms with E-state index in [1.54, 1.807) is 0 Å². The molecular formula is C11H24N2. The Morgan fingerprint density at radius 1 is 1.31 bits per heavy atom. The summed E-state index contributed by atoms with van der Waals surface area (Å²) < 4.78 is 0. The minimum atomic E-state index is 0.849. The molecule has 1 aliphatic rings. The Morgan fingerprint density at radius 2 is 2.15 bits per heavy atom. The largest absolute Gasteiger partial charge is 0.330 e. The smallest absolute Gasteiger partial charge is 0.00991 e. The zero-order chi connectivity index (χ0) is 9.52. The van der Waals surface area contributed by atoms with Crippen LogP contribution in [0.4, 0.5) is 0 Å². The molecule has 0 aromatic carbocycles. The highest BCUT2D eigenvalue weighted by Crippen LogP contribution is 2.34. The Hall–Kier alpha value is -0.0800. The zero-order valence-corrected chi connectivity index (χ0v) is 8.89. The average Bonchev–Trinajstić information content (AvgIpc) is 2.84. The van der Waals surface area contributed by atoms with Gasteiger partial charge >= 0.3 is 0 Å². The summed E-state index contributed by atoms with van der Waals surface area (Å²) in [4.78, 5) is 0. The van der Waals surface area contributed by atoms with Gasteiger partial charge < -0.3 is 11.1 Å². The average molecular weight is 184 g/mol. The maximum absolute atomic E-state index is 5.42. The molecule has 78 valence electrons. The van der Waals surface area contributed by atoms with Gasteiger partial charge in [-0.05, 0) is 44.7 Å². The lowest BCUT2D eigenvalue weighted by molar-refractivity contribution is 0.566. The van der Waals surface area contributed by atoms with E-state index < -0.39 is 0 Å². The summed E-state index contributed by atoms with van der Waals surface area (Å²) in [7, 11) is 0. The third-order valence-electron chi connectivity index (χ3n) is 2.87. The van der Waals surface area contributed by atoms with Crippen LogP contribution in [0.2, 0.25) is 0 Å². The summed E-state index contributed by atoms with van der Waals surface area (Å²) in [6, 6.07) is 0.859. The van der Waals surface area contributed by atoms with Crippen molar-refractivity contribution < 1.29 is 0 Å². The van der Waals surface area contributed by atoms with Crippen molar-refractivity contribution in [2.45, 2.75) is 51.5 Å². The number of unbranched alkanes of at least 4 members (excludes halogenated alkanes) is 2. The van der Waals surface area contributed by atoms with Crippen LogP contribution in [-0.2, 0) is 0 Å². The van der Waals surface area contributed by atoms with Gasteiger partial charge in [-0.15, -0.1) is 0 Å². The third kappa shape index (κ3) is 4.63. The molecule has 0 aromatic heterocycles. The molecule has 3 N–H and O–H groups in total. The molecule has 0 aromatic rings. The second-order valence-corrected chi connectivity index (χ2v) is 4.19. The minimum absolute atomic E-state index is 0.849. The van der Waals surface area contributed by atoms with Crippen molar-refractivity contribution in [1.82, 2.24) is 5.32 Å². The predicted octanol–water partition coefficient (Wildman–Crippen LogP) is 1.89. The van der Waals surface area contributed by atoms with E-state index >= 15 is 0 Å². The predicted molar refractivity (Wildman–Crippen MR) is 57.7 cm³/mol. The van der Waals surface area contributed by atoms with Crippen LogP contribution in [0.3, 0.4) is 0 Å². The first kappa shape index (κ1) is 11.0. The molecular weight excluding hydrogens is 160 g/mol. The molecule has 0 spiro atoms. The number of hydrogen-bond donors (Lipinski definition) is 2. The molecule has 0 radical (unpaired) electrons. The van der Waals surface area contributed by atoms with Crippen LogP contribution < -0.4 is 11.1 Å². The molecule has 0 heterocycles. The van der Waals surface area contributed by atoms with Gasteiger partial charge in [0.25, 0.3) is 0 Å². The summed E-state index contributed by atoms with van der Waals surface area (Å²) >= 11 is 0. The number of nitrogens with two attached hydrogens (primary N) is 1. The van der Waals surface area contributed by atoms with Gasteiger partial charge in [0.05, 0.1) is 0 Å². The van der Waals surface area contributed by atoms with Gasteiger partial charge in [-0.1, -0.05) is 19.8 Å². The van der Waals surface area contributed by atoms with Crippen molar-refractivity contribution in [3.05, 3.63) is 0 Å². The summed E-state index contributed by atoms with van der Waals surface area (Å²) in [5.74, 6) is 1.000. The first-order valence-corrected chi connectivity index (χ1v) is 5.82. The molecule has 2 nitrogen and oxygen atoms in total. The highest BCUT2D eigenvalue weighted by Gasteiger charge is 2.34. The lowest BCUT2D eigenvalue weighted by atomic mass is 10.2. The molecule has 0 saturated heterocycles. The molecule has 2 unspecified atom stereocenters. The van der Waals surface area contributed by atoms with Gasteiger partial charge in [0.15, 0.2) is 0 Å². The Labute approximate surface area is 82.3 Å². The van der Waals surface area contributed by atoms with Crippen LogP contribution in [-0.4, -0.2) is 19.1 Å². The fourth-order valence-electron chi connectivity index (χ4n) is 1.92. The molecule has 1 aliphatic carbocycles. The standard InChI is InChI=1S/C11H24N2/c1-2-6-10-9-11(10)13-8-5-3-4-7-12/h10-11,13H,2-9,12H2,1H3. The van der Waals surface area contributed by atoms with E-state index in [9.17, 15) is 0 Å². The third-order valence-corrected chi connectivity index (χ3v) is 2.87. The number of nitrogens with one attached hydrogen (secondary N) is 1. The Bertz CT molecular complexity index is 125. The minimum Gasteiger partial charge on any atom is -0.330 e. The SMILES string of the molecule is CCCC1CC1NCCCCCN. The van der Waals surface area contributed by atoms with Gasteiger partial charge in [-0.25, -0.2) is 0 Å². The van der Waals surface area contributed by atoms with Gasteiger partial charge in [-0.2, -0.15) is 0 Å². The fraction of sp³-hybridized carbons (Fsp3) is 1.00. The first-order chi connectivity index (χ1) is 6.38. The quantitative estimate of drug-likeness (QED) is 0.565. The molecule has 0 amide bonds. The molecule has 2 heteroatoms. The lowest BCUT2D eigenvalue weighted by Gasteiger charge is -2.02. The van der Waals surface area contributed by atoms with E-state index in [1.807, 2.05) is 0 Å². The first-order valence-electron chi connectivity index (χ1n) is 5.82. The summed E-state index contributed by atoms with van der Waals surface area (Å²) in [6.45, 7) is 4.32. The molecule has 1 rings (SSSR count). The highest BCUT2D eigenvalue weighted by atomic mass is 15.0. The normalized spacial score (nSPS) is 26.3. The molecule has 1 saturated carbocycles. The Balaban J connectivity index is 1.80. The van der Waals surface area contributed by atoms with E-state index in [4.69, 9.17) is 5.73 Å². The monoisotopic (exact) mass is 184 g/mol. The second kappa shape index (κ2) is 6.39. The van der Waals surface area contributed by atoms with Gasteiger partial charge in [0.1, 0.15) is 0 Å². The molecule has 0 aliphatic heterocycles. The molecule has 2 atom stereocenters. The topological polar surface area (TPSA) is 38.0 Å². The van der Waals surface area contributed by atoms with Crippen LogP contribution in [0.25, 0.3) is 0 Å². The van der Waals surface area contributed by atoms with Crippen molar-refractivity contribution in [3.8, 4) is 0 Å². The summed E-state index contributed by atoms with van der Waals surface area (Å²) in [5, 5.41) is 3.61. The van der Waals surface area contributed by atoms with Crippen LogP contribution in [0.5, 0.6) is 0 Å². The molecule has 13 heavy (non-hydrogen) atoms. The van der Waals surface area contributed by atoms with Crippen molar-refractivity contribution in [2.24, 2.45) is 11.7 Å². The zero-order valence-electron chi connectivity index (χ0n) is 8.89. The van der Waals surface area contributed by atoms with Gasteiger partial charge in [-0.3, -0.25) is 0 Å². The van der Waals surface area contributed by atoms with Crippen molar-refractivity contribution >= 4 is 0 Å². The van der Waals surface area contributed by atoms with Crippen molar-refractivity contribution in [3.63, 3.8) is 0 Å². The van der Waals surface area contributed by atoms with Crippen LogP contribution in [0.15, 0.2) is 0 Å². The highest BCUT2D eigenvalue weighted by molar-refractivity contribution is 4.92. The molecule has 0 bridgehead atoms. The number of rotatable bonds is 8. The summed E-state index contributed by atoms with van der Waals surface area (Å²) in [5.41, 5.74) is 5.42. The number of hydrogen-bond acceptors (Lipinski definition) is 2. The lowest BCUT2D eigenvalue weighted by Crippen LogP contribution is -2.19. The van der Waals surface area contributed by atoms with Crippen LogP contribution in [0, 0.1) is 5.92 Å². The van der Waals surface area contributed by atoms with E-state index in [0.29, 0.717) is 0 Å². The Kier molecular flexibility index (Phi) is 5.40. The maximum Gasteiger partial charge on any atom is 0.00991 e. The summed E-state index contributed by atoms with van der Waals surface area (Å²) in [6.07, 6.45) is 7.95. The van der Waals surface area contributed by atoms with Gasteiger partial charge in [0, 0.05) is 6.04 Å². The van der Waals surface area contributed by atoms with E-state index in [-0.39, 0.29) is 0 Å². The van der Waals surface area contributed by atoms with Crippen LogP contribution in [0.1, 0.15) is 45.4 Å². The van der Waals surface area contributed by atoms with Gasteiger partial charge in [0.2, 0.25) is 0 Å². The van der Waals surface area contributed by atoms with E-state index in [2.05, 4.69) is 12.2 Å². The van der Waals surface area contributed by atoms with Crippen molar-refractivity contribution in [1.29, 1.82) is 0 Å². The van der Waals surface area contributed by atoms with E-state index in [0.717, 1.165) is 18.5 Å². The molecule has 1 fully saturated rings.